The van der Waals surface area contributed by atoms with Crippen LogP contribution in [0.25, 0.3) is 0 Å². The molecule has 0 aliphatic rings. The zero-order valence-corrected chi connectivity index (χ0v) is 13.7. The molecular weight excluding hydrogens is 337 g/mol. The maximum Gasteiger partial charge on any atom is 0.291 e. The summed E-state index contributed by atoms with van der Waals surface area (Å²) in [6.45, 7) is 0.484. The highest BCUT2D eigenvalue weighted by molar-refractivity contribution is 5.93. The number of hydrogen-bond donors (Lipinski definition) is 2. The molecule has 0 aliphatic heterocycles. The molecule has 0 unspecified atom stereocenters. The number of carbonyl (C=O) groups is 2. The van der Waals surface area contributed by atoms with Crippen LogP contribution in [0.2, 0.25) is 0 Å². The fraction of sp³-hybridized carbons (Fsp3) is 0.111. The van der Waals surface area contributed by atoms with Crippen molar-refractivity contribution in [2.75, 3.05) is 0 Å². The van der Waals surface area contributed by atoms with E-state index in [2.05, 4.69) is 21.2 Å². The van der Waals surface area contributed by atoms with Crippen molar-refractivity contribution in [1.29, 1.82) is 0 Å². The van der Waals surface area contributed by atoms with Crippen LogP contribution in [0.1, 0.15) is 21.6 Å². The molecule has 2 aromatic carbocycles. The Kier molecular flexibility index (Phi) is 5.33. The second-order valence-corrected chi connectivity index (χ2v) is 5.59. The van der Waals surface area contributed by atoms with Crippen LogP contribution < -0.4 is 10.9 Å². The average molecular weight is 353 g/mol. The van der Waals surface area contributed by atoms with Gasteiger partial charge >= 0.3 is 0 Å². The van der Waals surface area contributed by atoms with Gasteiger partial charge in [0.15, 0.2) is 5.69 Å². The van der Waals surface area contributed by atoms with E-state index >= 15 is 0 Å². The van der Waals surface area contributed by atoms with Crippen LogP contribution in [0.4, 0.5) is 4.39 Å². The third kappa shape index (κ3) is 4.73. The summed E-state index contributed by atoms with van der Waals surface area (Å²) in [4.78, 5) is 23.8. The molecule has 132 valence electrons. The Bertz CT molecular complexity index is 893. The Balaban J connectivity index is 1.50. The van der Waals surface area contributed by atoms with Gasteiger partial charge in [-0.25, -0.2) is 9.07 Å². The molecule has 2 N–H and O–H groups in total. The molecule has 0 atom stereocenters. The van der Waals surface area contributed by atoms with Crippen LogP contribution in [0.3, 0.4) is 0 Å². The molecular formula is C18H16FN5O2. The minimum Gasteiger partial charge on any atom is -0.273 e. The minimum absolute atomic E-state index is 0.0151. The maximum absolute atomic E-state index is 12.8. The quantitative estimate of drug-likeness (QED) is 0.680. The normalized spacial score (nSPS) is 10.3. The van der Waals surface area contributed by atoms with Crippen molar-refractivity contribution < 1.29 is 14.0 Å². The first kappa shape index (κ1) is 17.3. The Morgan fingerprint density at radius 2 is 1.69 bits per heavy atom. The molecule has 8 heteroatoms. The van der Waals surface area contributed by atoms with Crippen LogP contribution in [0, 0.1) is 5.82 Å². The predicted molar refractivity (Wildman–Crippen MR) is 91.3 cm³/mol. The second kappa shape index (κ2) is 8.02. The smallest absolute Gasteiger partial charge is 0.273 e. The highest BCUT2D eigenvalue weighted by atomic mass is 19.1. The summed E-state index contributed by atoms with van der Waals surface area (Å²) < 4.78 is 14.4. The van der Waals surface area contributed by atoms with Gasteiger partial charge in [0.05, 0.1) is 19.2 Å². The zero-order valence-electron chi connectivity index (χ0n) is 13.7. The summed E-state index contributed by atoms with van der Waals surface area (Å²) in [6.07, 6.45) is 1.51. The Hall–Kier alpha value is -3.55. The summed E-state index contributed by atoms with van der Waals surface area (Å²) in [7, 11) is 0. The van der Waals surface area contributed by atoms with Gasteiger partial charge in [-0.05, 0) is 23.3 Å². The van der Waals surface area contributed by atoms with Gasteiger partial charge in [0.2, 0.25) is 5.91 Å². The lowest BCUT2D eigenvalue weighted by Crippen LogP contribution is -2.42. The van der Waals surface area contributed by atoms with Gasteiger partial charge in [0.25, 0.3) is 5.91 Å². The van der Waals surface area contributed by atoms with E-state index in [4.69, 9.17) is 0 Å². The first-order valence-corrected chi connectivity index (χ1v) is 7.88. The number of hydrazine groups is 1. The number of benzene rings is 2. The van der Waals surface area contributed by atoms with Crippen LogP contribution in [-0.4, -0.2) is 26.8 Å². The molecule has 0 saturated carbocycles. The van der Waals surface area contributed by atoms with E-state index in [9.17, 15) is 14.0 Å². The van der Waals surface area contributed by atoms with Crippen LogP contribution in [0.5, 0.6) is 0 Å². The minimum atomic E-state index is -0.572. The molecule has 3 rings (SSSR count). The molecule has 0 spiro atoms. The van der Waals surface area contributed by atoms with E-state index in [0.29, 0.717) is 12.1 Å². The molecule has 0 bridgehead atoms. The summed E-state index contributed by atoms with van der Waals surface area (Å²) in [5, 5.41) is 7.69. The van der Waals surface area contributed by atoms with E-state index in [1.807, 2.05) is 30.3 Å². The fourth-order valence-electron chi connectivity index (χ4n) is 2.27. The molecule has 0 fully saturated rings. The number of aromatic nitrogens is 3. The van der Waals surface area contributed by atoms with E-state index in [1.54, 1.807) is 0 Å². The third-order valence-corrected chi connectivity index (χ3v) is 3.55. The van der Waals surface area contributed by atoms with Gasteiger partial charge in [0, 0.05) is 0 Å². The highest BCUT2D eigenvalue weighted by Crippen LogP contribution is 2.04. The second-order valence-electron chi connectivity index (χ2n) is 5.59. The van der Waals surface area contributed by atoms with Gasteiger partial charge in [-0.15, -0.1) is 5.10 Å². The average Bonchev–Trinajstić information content (AvgIpc) is 3.11. The number of nitrogens with one attached hydrogen (secondary N) is 2. The van der Waals surface area contributed by atoms with Gasteiger partial charge in [-0.2, -0.15) is 0 Å². The molecule has 0 radical (unpaired) electrons. The number of hydrogen-bond acceptors (Lipinski definition) is 4. The van der Waals surface area contributed by atoms with Gasteiger partial charge in [-0.3, -0.25) is 20.4 Å². The van der Waals surface area contributed by atoms with Crippen molar-refractivity contribution in [2.24, 2.45) is 0 Å². The predicted octanol–water partition coefficient (Wildman–Crippen LogP) is 1.47. The first-order valence-electron chi connectivity index (χ1n) is 7.88. The van der Waals surface area contributed by atoms with Crippen molar-refractivity contribution >= 4 is 11.8 Å². The summed E-state index contributed by atoms with van der Waals surface area (Å²) in [5.74, 6) is -1.38. The number of rotatable bonds is 5. The molecule has 7 nitrogen and oxygen atoms in total. The summed E-state index contributed by atoms with van der Waals surface area (Å²) in [5.41, 5.74) is 6.32. The Morgan fingerprint density at radius 3 is 2.42 bits per heavy atom. The lowest BCUT2D eigenvalue weighted by molar-refractivity contribution is -0.121. The lowest BCUT2D eigenvalue weighted by atomic mass is 10.1. The van der Waals surface area contributed by atoms with Gasteiger partial charge in [0.1, 0.15) is 5.82 Å². The topological polar surface area (TPSA) is 88.9 Å². The van der Waals surface area contributed by atoms with Crippen molar-refractivity contribution in [3.05, 3.63) is 83.4 Å². The summed E-state index contributed by atoms with van der Waals surface area (Å²) >= 11 is 0. The molecule has 3 aromatic rings. The zero-order chi connectivity index (χ0) is 18.4. The highest BCUT2D eigenvalue weighted by Gasteiger charge is 2.12. The fourth-order valence-corrected chi connectivity index (χ4v) is 2.27. The van der Waals surface area contributed by atoms with Gasteiger partial charge < -0.3 is 0 Å². The van der Waals surface area contributed by atoms with E-state index in [0.717, 1.165) is 5.56 Å². The Labute approximate surface area is 148 Å². The molecule has 1 aromatic heterocycles. The maximum atomic E-state index is 12.8. The van der Waals surface area contributed by atoms with E-state index in [1.165, 1.54) is 35.1 Å². The van der Waals surface area contributed by atoms with Crippen LogP contribution in [-0.2, 0) is 17.8 Å². The number of amides is 2. The SMILES string of the molecule is O=C(Cc1ccc(F)cc1)NNC(=O)c1cn(Cc2ccccc2)nn1. The molecule has 1 heterocycles. The van der Waals surface area contributed by atoms with E-state index in [-0.39, 0.29) is 17.9 Å². The van der Waals surface area contributed by atoms with Crippen molar-refractivity contribution in [3.63, 3.8) is 0 Å². The van der Waals surface area contributed by atoms with E-state index < -0.39 is 11.8 Å². The standard InChI is InChI=1S/C18H16FN5O2/c19-15-8-6-13(7-9-15)10-17(25)21-22-18(26)16-12-24(23-20-16)11-14-4-2-1-3-5-14/h1-9,12H,10-11H2,(H,21,25)(H,22,26). The van der Waals surface area contributed by atoms with Crippen LogP contribution in [0.15, 0.2) is 60.8 Å². The molecule has 26 heavy (non-hydrogen) atoms. The molecule has 2 amide bonds. The number of nitrogens with zero attached hydrogens (tertiary/aromatic N) is 3. The largest absolute Gasteiger partial charge is 0.291 e. The van der Waals surface area contributed by atoms with Gasteiger partial charge in [-0.1, -0.05) is 47.7 Å². The molecule has 0 aliphatic carbocycles. The lowest BCUT2D eigenvalue weighted by Gasteiger charge is -2.05. The van der Waals surface area contributed by atoms with Crippen molar-refractivity contribution in [1.82, 2.24) is 25.8 Å². The number of halogens is 1. The first-order chi connectivity index (χ1) is 12.6. The van der Waals surface area contributed by atoms with Crippen molar-refractivity contribution in [3.8, 4) is 0 Å². The van der Waals surface area contributed by atoms with Crippen LogP contribution >= 0.6 is 0 Å². The third-order valence-electron chi connectivity index (χ3n) is 3.55. The molecule has 0 saturated heterocycles. The number of carbonyl (C=O) groups excluding carboxylic acids is 2. The monoisotopic (exact) mass is 353 g/mol. The van der Waals surface area contributed by atoms with Crippen molar-refractivity contribution in [2.45, 2.75) is 13.0 Å². The Morgan fingerprint density at radius 1 is 0.962 bits per heavy atom. The summed E-state index contributed by atoms with van der Waals surface area (Å²) in [6, 6.07) is 15.2.